The van der Waals surface area contributed by atoms with E-state index in [1.54, 1.807) is 50.7 Å². The molecule has 0 bridgehead atoms. The van der Waals surface area contributed by atoms with Crippen molar-refractivity contribution < 1.29 is 76.6 Å². The SMILES string of the molecule is CCN(C(=O)OCc1ccc(O[C@@H]2O[C@H](C(=O)O)[C@@H](OC(C)=O)[C@H](OC(C)=O)[C@H]2OC(C)=O)c(C(=O)NCCNC(=O)OC(C)(C)C)c1)c1cc([C@]2(c3nncn3C)C[C@@H](C)C2)cc(N2Cc3c(SC)cc(CN4CCC[C@H](C)C4)cc3C2=O)n1. The number of esters is 3. The van der Waals surface area contributed by atoms with Gasteiger partial charge in [0.2, 0.25) is 12.4 Å². The maximum absolute atomic E-state index is 14.8. The highest BCUT2D eigenvalue weighted by atomic mass is 32.2. The summed E-state index contributed by atoms with van der Waals surface area (Å²) < 4.78 is 41.3. The van der Waals surface area contributed by atoms with Crippen LogP contribution in [0.3, 0.4) is 0 Å². The summed E-state index contributed by atoms with van der Waals surface area (Å²) >= 11 is 1.59. The van der Waals surface area contributed by atoms with Crippen molar-refractivity contribution in [3.63, 3.8) is 0 Å². The molecule has 3 fully saturated rings. The molecule has 3 aliphatic heterocycles. The highest BCUT2D eigenvalue weighted by Crippen LogP contribution is 2.53. The number of hydrogen-bond donors (Lipinski definition) is 3. The summed E-state index contributed by atoms with van der Waals surface area (Å²) in [4.78, 5) is 117. The lowest BCUT2D eigenvalue weighted by atomic mass is 9.58. The number of likely N-dealkylation sites (tertiary alicyclic amines) is 1. The minimum absolute atomic E-state index is 0.0675. The molecule has 4 aromatic rings. The maximum Gasteiger partial charge on any atom is 0.415 e. The van der Waals surface area contributed by atoms with Crippen molar-refractivity contribution in [2.75, 3.05) is 48.8 Å². The molecule has 25 nitrogen and oxygen atoms in total. The van der Waals surface area contributed by atoms with E-state index in [1.807, 2.05) is 36.1 Å². The Labute approximate surface area is 497 Å². The van der Waals surface area contributed by atoms with Crippen LogP contribution < -0.4 is 25.2 Å². The summed E-state index contributed by atoms with van der Waals surface area (Å²) in [7, 11) is 1.88. The van der Waals surface area contributed by atoms with Gasteiger partial charge in [-0.2, -0.15) is 0 Å². The summed E-state index contributed by atoms with van der Waals surface area (Å²) in [5.74, 6) is -3.69. The van der Waals surface area contributed by atoms with Crippen LogP contribution in [0.4, 0.5) is 21.2 Å². The lowest BCUT2D eigenvalue weighted by molar-refractivity contribution is -0.281. The minimum Gasteiger partial charge on any atom is -0.479 e. The van der Waals surface area contributed by atoms with Crippen LogP contribution in [-0.4, -0.2) is 153 Å². The molecule has 458 valence electrons. The second-order valence-corrected chi connectivity index (χ2v) is 23.9. The number of aliphatic carboxylic acids is 1. The number of alkyl carbamates (subject to hydrolysis) is 1. The number of pyridine rings is 1. The van der Waals surface area contributed by atoms with E-state index in [-0.39, 0.29) is 54.8 Å². The number of aromatic nitrogens is 4. The van der Waals surface area contributed by atoms with E-state index in [0.717, 1.165) is 74.2 Å². The third-order valence-corrected chi connectivity index (χ3v) is 15.8. The lowest BCUT2D eigenvalue weighted by Gasteiger charge is -2.46. The number of carboxylic acid groups (broad SMARTS) is 1. The first-order valence-corrected chi connectivity index (χ1v) is 29.5. The number of nitrogens with one attached hydrogen (secondary N) is 2. The first kappa shape index (κ1) is 63.2. The average molecular weight is 1200 g/mol. The number of benzene rings is 2. The number of carboxylic acids is 1. The number of amides is 4. The summed E-state index contributed by atoms with van der Waals surface area (Å²) in [5.41, 5.74) is 1.91. The Morgan fingerprint density at radius 2 is 1.59 bits per heavy atom. The van der Waals surface area contributed by atoms with Crippen LogP contribution in [0.5, 0.6) is 5.75 Å². The topological polar surface area (TPSA) is 299 Å². The molecule has 0 unspecified atom stereocenters. The van der Waals surface area contributed by atoms with Gasteiger partial charge in [0.05, 0.1) is 17.5 Å². The Morgan fingerprint density at radius 1 is 0.894 bits per heavy atom. The van der Waals surface area contributed by atoms with Crippen LogP contribution in [0.25, 0.3) is 0 Å². The van der Waals surface area contributed by atoms with Crippen LogP contribution in [0.1, 0.15) is 137 Å². The van der Waals surface area contributed by atoms with E-state index >= 15 is 0 Å². The lowest BCUT2D eigenvalue weighted by Crippen LogP contribution is -2.64. The van der Waals surface area contributed by atoms with Gasteiger partial charge in [-0.25, -0.2) is 19.4 Å². The zero-order valence-corrected chi connectivity index (χ0v) is 50.6. The van der Waals surface area contributed by atoms with Crippen LogP contribution in [0.15, 0.2) is 53.7 Å². The molecule has 8 rings (SSSR count). The van der Waals surface area contributed by atoms with Gasteiger partial charge < -0.3 is 53.5 Å². The molecule has 2 aromatic carbocycles. The third-order valence-electron chi connectivity index (χ3n) is 15.0. The maximum atomic E-state index is 14.8. The fraction of sp³-hybridized carbons (Fsp3) is 0.542. The Hall–Kier alpha value is -7.84. The number of carbonyl (C=O) groups excluding carboxylic acids is 7. The molecule has 5 heterocycles. The number of nitrogens with zero attached hydrogens (tertiary/aromatic N) is 7. The normalized spacial score (nSPS) is 22.9. The Kier molecular flexibility index (Phi) is 19.8. The molecule has 3 N–H and O–H groups in total. The largest absolute Gasteiger partial charge is 0.479 e. The predicted octanol–water partition coefficient (Wildman–Crippen LogP) is 6.44. The van der Waals surface area contributed by atoms with Crippen molar-refractivity contribution in [1.29, 1.82) is 0 Å². The molecule has 0 spiro atoms. The van der Waals surface area contributed by atoms with Crippen molar-refractivity contribution in [3.05, 3.63) is 88.0 Å². The van der Waals surface area contributed by atoms with Gasteiger partial charge in [0.15, 0.2) is 18.3 Å². The van der Waals surface area contributed by atoms with E-state index in [0.29, 0.717) is 36.1 Å². The molecular formula is C59H75N9O16S. The van der Waals surface area contributed by atoms with E-state index < -0.39 is 90.3 Å². The van der Waals surface area contributed by atoms with Crippen LogP contribution in [0, 0.1) is 11.8 Å². The second-order valence-electron chi connectivity index (χ2n) is 23.0. The van der Waals surface area contributed by atoms with Crippen molar-refractivity contribution in [3.8, 4) is 5.75 Å². The second kappa shape index (κ2) is 26.6. The number of piperidine rings is 1. The number of ether oxygens (including phenoxy) is 7. The summed E-state index contributed by atoms with van der Waals surface area (Å²) in [6, 6.07) is 12.0. The fourth-order valence-corrected chi connectivity index (χ4v) is 12.2. The van der Waals surface area contributed by atoms with Gasteiger partial charge in [0.25, 0.3) is 11.8 Å². The molecule has 4 amide bonds. The zero-order valence-electron chi connectivity index (χ0n) is 49.8. The van der Waals surface area contributed by atoms with Gasteiger partial charge in [-0.1, -0.05) is 19.9 Å². The summed E-state index contributed by atoms with van der Waals surface area (Å²) in [5, 5.41) is 24.3. The number of anilines is 2. The van der Waals surface area contributed by atoms with Gasteiger partial charge in [-0.05, 0) is 137 Å². The Bertz CT molecular complexity index is 3200. The van der Waals surface area contributed by atoms with E-state index in [9.17, 15) is 43.5 Å². The molecule has 0 radical (unpaired) electrons. The summed E-state index contributed by atoms with van der Waals surface area (Å²) in [6.45, 7) is 16.6. The Balaban J connectivity index is 1.11. The highest BCUT2D eigenvalue weighted by Gasteiger charge is 2.56. The predicted molar refractivity (Wildman–Crippen MR) is 307 cm³/mol. The van der Waals surface area contributed by atoms with Gasteiger partial charge in [-0.3, -0.25) is 38.7 Å². The van der Waals surface area contributed by atoms with Crippen LogP contribution in [0.2, 0.25) is 0 Å². The number of carbonyl (C=O) groups is 8. The van der Waals surface area contributed by atoms with Crippen LogP contribution in [-0.2, 0) is 79.8 Å². The first-order chi connectivity index (χ1) is 40.3. The van der Waals surface area contributed by atoms with Crippen molar-refractivity contribution in [2.45, 2.75) is 154 Å². The van der Waals surface area contributed by atoms with Crippen molar-refractivity contribution in [2.24, 2.45) is 18.9 Å². The van der Waals surface area contributed by atoms with Gasteiger partial charge >= 0.3 is 36.1 Å². The molecule has 1 aliphatic carbocycles. The fourth-order valence-electron chi connectivity index (χ4n) is 11.5. The molecule has 2 saturated heterocycles. The highest BCUT2D eigenvalue weighted by molar-refractivity contribution is 7.98. The number of fused-ring (bicyclic) bond motifs is 1. The van der Waals surface area contributed by atoms with Gasteiger partial charge in [-0.15, -0.1) is 22.0 Å². The standard InChI is InChI=1S/C59H75N9O16S/c1-12-67(45-23-39(59(25-33(3)26-59)55-64-62-31-65(55)10)24-46(63-45)68-29-42-40(52(68)73)21-38(22-44(42)85-11)28-66-19-13-14-32(2)27-66)57(77)78-30-37-15-16-43(41(20-37)51(72)60-17-18-61-56(76)84-58(7,8)9)82-54-50(81-36(6)71)48(80-35(5)70)47(79-34(4)69)49(83-54)53(74)75/h15-16,20-24,31-33,47-50,54H,12-14,17-19,25-30H2,1-11H3,(H,60,72)(H,61,76)(H,74,75)/t32-,33-,47-,48-,49-,50+,54+,59+/m0/s1. The zero-order chi connectivity index (χ0) is 61.7. The van der Waals surface area contributed by atoms with E-state index in [1.165, 1.54) is 29.5 Å². The number of hydrogen-bond acceptors (Lipinski definition) is 20. The van der Waals surface area contributed by atoms with Crippen molar-refractivity contribution in [1.82, 2.24) is 35.3 Å². The average Bonchev–Trinajstić information content (AvgIpc) is 2.59. The van der Waals surface area contributed by atoms with Gasteiger partial charge in [0.1, 0.15) is 41.7 Å². The number of aryl methyl sites for hydroxylation is 1. The third kappa shape index (κ3) is 14.8. The van der Waals surface area contributed by atoms with Gasteiger partial charge in [0, 0.05) is 71.0 Å². The molecule has 2 aromatic heterocycles. The monoisotopic (exact) mass is 1200 g/mol. The van der Waals surface area contributed by atoms with E-state index in [2.05, 4.69) is 45.6 Å². The van der Waals surface area contributed by atoms with Crippen molar-refractivity contribution >= 4 is 71.3 Å². The molecule has 4 aliphatic rings. The molecule has 85 heavy (non-hydrogen) atoms. The van der Waals surface area contributed by atoms with Crippen LogP contribution >= 0.6 is 11.8 Å². The Morgan fingerprint density at radius 3 is 2.21 bits per heavy atom. The molecule has 6 atom stereocenters. The summed E-state index contributed by atoms with van der Waals surface area (Å²) in [6.07, 6.45) is -3.54. The molecular weight excluding hydrogens is 1120 g/mol. The minimum atomic E-state index is -2.05. The van der Waals surface area contributed by atoms with E-state index in [4.69, 9.17) is 38.1 Å². The smallest absolute Gasteiger partial charge is 0.415 e. The number of rotatable bonds is 20. The molecule has 26 heteroatoms. The molecule has 1 saturated carbocycles. The quantitative estimate of drug-likeness (QED) is 0.0371. The first-order valence-electron chi connectivity index (χ1n) is 28.3. The number of thioether (sulfide) groups is 1.